The van der Waals surface area contributed by atoms with Crippen LogP contribution in [0.15, 0.2) is 10.6 Å². The highest BCUT2D eigenvalue weighted by atomic mass is 35.5. The first kappa shape index (κ1) is 13.4. The van der Waals surface area contributed by atoms with Crippen LogP contribution in [0.25, 0.3) is 0 Å². The van der Waals surface area contributed by atoms with Gasteiger partial charge in [0.2, 0.25) is 0 Å². The van der Waals surface area contributed by atoms with Crippen molar-refractivity contribution < 1.29 is 19.5 Å². The van der Waals surface area contributed by atoms with Gasteiger partial charge in [-0.3, -0.25) is 9.59 Å². The Morgan fingerprint density at radius 1 is 1.44 bits per heavy atom. The number of rotatable bonds is 2. The van der Waals surface area contributed by atoms with E-state index < -0.39 is 28.0 Å². The number of thioether (sulfide) groups is 1. The van der Waals surface area contributed by atoms with Gasteiger partial charge in [0.25, 0.3) is 5.91 Å². The zero-order valence-corrected chi connectivity index (χ0v) is 11.6. The summed E-state index contributed by atoms with van der Waals surface area (Å²) in [6, 6.07) is -0.889. The molecule has 2 rings (SSSR count). The Bertz CT molecular complexity index is 499. The lowest BCUT2D eigenvalue weighted by Crippen LogP contribution is -2.58. The van der Waals surface area contributed by atoms with E-state index in [4.69, 9.17) is 11.6 Å². The van der Waals surface area contributed by atoms with Crippen LogP contribution in [-0.2, 0) is 14.4 Å². The number of ketones is 1. The number of β-lactam (4-membered cyclic amide) rings is 1. The highest BCUT2D eigenvalue weighted by Crippen LogP contribution is 2.54. The summed E-state index contributed by atoms with van der Waals surface area (Å²) in [6.45, 7) is 4.81. The number of carboxylic acids is 1. The van der Waals surface area contributed by atoms with Crippen molar-refractivity contribution in [1.29, 1.82) is 0 Å². The van der Waals surface area contributed by atoms with Crippen LogP contribution in [0, 0.1) is 0 Å². The number of hydrogen-bond acceptors (Lipinski definition) is 4. The number of carbonyl (C=O) groups excluding carboxylic acids is 2. The number of fused-ring (bicyclic) bond motifs is 1. The number of aliphatic carboxylic acids is 1. The van der Waals surface area contributed by atoms with Gasteiger partial charge in [0.15, 0.2) is 5.78 Å². The molecule has 18 heavy (non-hydrogen) atoms. The molecule has 2 fully saturated rings. The van der Waals surface area contributed by atoms with Gasteiger partial charge in [-0.1, -0.05) is 11.6 Å². The summed E-state index contributed by atoms with van der Waals surface area (Å²) in [7, 11) is 0. The Morgan fingerprint density at radius 2 is 2.00 bits per heavy atom. The van der Waals surface area contributed by atoms with E-state index in [1.165, 1.54) is 23.6 Å². The molecule has 0 aromatic carbocycles. The number of amides is 1. The van der Waals surface area contributed by atoms with Gasteiger partial charge < -0.3 is 10.0 Å². The van der Waals surface area contributed by atoms with Gasteiger partial charge >= 0.3 is 5.97 Å². The number of carboxylic acid groups (broad SMARTS) is 1. The van der Waals surface area contributed by atoms with Crippen molar-refractivity contribution in [3.63, 3.8) is 0 Å². The predicted molar refractivity (Wildman–Crippen MR) is 67.3 cm³/mol. The third kappa shape index (κ3) is 1.66. The Labute approximate surface area is 113 Å². The quantitative estimate of drug-likeness (QED) is 0.611. The van der Waals surface area contributed by atoms with E-state index in [1.54, 1.807) is 13.8 Å². The molecule has 0 unspecified atom stereocenters. The summed E-state index contributed by atoms with van der Waals surface area (Å²) in [5.74, 6) is -1.87. The van der Waals surface area contributed by atoms with Gasteiger partial charge in [-0.2, -0.15) is 0 Å². The zero-order chi connectivity index (χ0) is 13.8. The van der Waals surface area contributed by atoms with Gasteiger partial charge in [0.1, 0.15) is 11.4 Å². The van der Waals surface area contributed by atoms with Crippen LogP contribution >= 0.6 is 23.4 Å². The predicted octanol–water partition coefficient (Wildman–Crippen LogP) is 1.22. The summed E-state index contributed by atoms with van der Waals surface area (Å²) in [5, 5.41) is 8.69. The van der Waals surface area contributed by atoms with E-state index in [1.807, 2.05) is 0 Å². The average Bonchev–Trinajstić information content (AvgIpc) is 2.47. The van der Waals surface area contributed by atoms with E-state index in [0.717, 1.165) is 0 Å². The van der Waals surface area contributed by atoms with Crippen LogP contribution in [0.5, 0.6) is 0 Å². The summed E-state index contributed by atoms with van der Waals surface area (Å²) >= 11 is 7.16. The van der Waals surface area contributed by atoms with Gasteiger partial charge in [-0.15, -0.1) is 11.8 Å². The molecular formula is C11H12ClNO4S. The van der Waals surface area contributed by atoms with Gasteiger partial charge in [-0.25, -0.2) is 4.79 Å². The van der Waals surface area contributed by atoms with Crippen molar-refractivity contribution >= 4 is 41.0 Å². The highest BCUT2D eigenvalue weighted by Gasteiger charge is 2.62. The largest absolute Gasteiger partial charge is 0.480 e. The fourth-order valence-electron chi connectivity index (χ4n) is 2.29. The topological polar surface area (TPSA) is 74.7 Å². The molecular weight excluding hydrogens is 278 g/mol. The lowest BCUT2D eigenvalue weighted by atomic mass is 9.95. The SMILES string of the molecule is CC(=O)C(Cl)=C1C(=O)N2[C@@H]1SC(C)(C)[C@@H]2C(=O)O. The summed E-state index contributed by atoms with van der Waals surface area (Å²) in [4.78, 5) is 35.7. The second-order valence-electron chi connectivity index (χ2n) is 4.81. The second kappa shape index (κ2) is 3.99. The molecule has 2 saturated heterocycles. The van der Waals surface area contributed by atoms with Crippen molar-refractivity contribution in [2.24, 2.45) is 0 Å². The Morgan fingerprint density at radius 3 is 2.44 bits per heavy atom. The molecule has 1 amide bonds. The van der Waals surface area contributed by atoms with Crippen LogP contribution in [0.1, 0.15) is 20.8 Å². The smallest absolute Gasteiger partial charge is 0.327 e. The maximum Gasteiger partial charge on any atom is 0.327 e. The summed E-state index contributed by atoms with van der Waals surface area (Å²) < 4.78 is -0.609. The number of hydrogen-bond donors (Lipinski definition) is 1. The lowest BCUT2D eigenvalue weighted by molar-refractivity contribution is -0.152. The molecule has 0 aromatic rings. The van der Waals surface area contributed by atoms with E-state index >= 15 is 0 Å². The van der Waals surface area contributed by atoms with E-state index in [9.17, 15) is 19.5 Å². The van der Waals surface area contributed by atoms with Crippen LogP contribution in [0.4, 0.5) is 0 Å². The van der Waals surface area contributed by atoms with E-state index in [0.29, 0.717) is 0 Å². The third-order valence-electron chi connectivity index (χ3n) is 3.10. The first-order valence-corrected chi connectivity index (χ1v) is 6.58. The molecule has 1 N–H and O–H groups in total. The molecule has 7 heteroatoms. The minimum atomic E-state index is -1.04. The van der Waals surface area contributed by atoms with Crippen molar-refractivity contribution in [2.75, 3.05) is 0 Å². The van der Waals surface area contributed by atoms with Crippen LogP contribution in [0.3, 0.4) is 0 Å². The summed E-state index contributed by atoms with van der Waals surface area (Å²) in [6.07, 6.45) is 0. The molecule has 0 spiro atoms. The van der Waals surface area contributed by atoms with Gasteiger partial charge in [0, 0.05) is 11.7 Å². The lowest BCUT2D eigenvalue weighted by Gasteiger charge is -2.39. The average molecular weight is 290 g/mol. The normalized spacial score (nSPS) is 31.8. The molecule has 0 aromatic heterocycles. The Balaban J connectivity index is 2.42. The van der Waals surface area contributed by atoms with Crippen molar-refractivity contribution in [3.05, 3.63) is 10.6 Å². The van der Waals surface area contributed by atoms with Crippen LogP contribution < -0.4 is 0 Å². The monoisotopic (exact) mass is 289 g/mol. The maximum absolute atomic E-state index is 11.9. The molecule has 2 heterocycles. The zero-order valence-electron chi connectivity index (χ0n) is 10.1. The van der Waals surface area contributed by atoms with Crippen LogP contribution in [-0.4, -0.2) is 43.8 Å². The summed E-state index contributed by atoms with van der Waals surface area (Å²) in [5.41, 5.74) is 0.228. The molecule has 0 bridgehead atoms. The number of nitrogens with zero attached hydrogens (tertiary/aromatic N) is 1. The molecule has 2 aliphatic heterocycles. The van der Waals surface area contributed by atoms with E-state index in [2.05, 4.69) is 0 Å². The number of Topliss-reactive ketones (excluding diaryl/α,β-unsaturated/α-hetero) is 1. The minimum Gasteiger partial charge on any atom is -0.480 e. The Kier molecular flexibility index (Phi) is 2.98. The second-order valence-corrected chi connectivity index (χ2v) is 6.92. The molecule has 2 atom stereocenters. The molecule has 0 radical (unpaired) electrons. The Hall–Kier alpha value is -1.01. The fourth-order valence-corrected chi connectivity index (χ4v) is 4.12. The fraction of sp³-hybridized carbons (Fsp3) is 0.545. The van der Waals surface area contributed by atoms with Crippen molar-refractivity contribution in [1.82, 2.24) is 4.90 Å². The number of carbonyl (C=O) groups is 3. The molecule has 2 aliphatic rings. The van der Waals surface area contributed by atoms with Gasteiger partial charge in [0.05, 0.1) is 10.6 Å². The van der Waals surface area contributed by atoms with Crippen molar-refractivity contribution in [3.8, 4) is 0 Å². The number of halogens is 1. The van der Waals surface area contributed by atoms with Crippen molar-refractivity contribution in [2.45, 2.75) is 36.9 Å². The minimum absolute atomic E-state index is 0.0874. The first-order chi connectivity index (χ1) is 8.18. The molecule has 5 nitrogen and oxygen atoms in total. The third-order valence-corrected chi connectivity index (χ3v) is 5.08. The number of allylic oxidation sites excluding steroid dienone is 1. The molecule has 0 aliphatic carbocycles. The molecule has 98 valence electrons. The van der Waals surface area contributed by atoms with Crippen LogP contribution in [0.2, 0.25) is 0 Å². The van der Waals surface area contributed by atoms with Gasteiger partial charge in [-0.05, 0) is 13.8 Å². The molecule has 0 saturated carbocycles. The standard InChI is InChI=1S/C11H12ClNO4S/c1-4(14)6(12)5-8(15)13-7(10(16)17)11(2,3)18-9(5)13/h7,9H,1-3H3,(H,16,17)/t7-,9+/m0/s1. The van der Waals surface area contributed by atoms with E-state index in [-0.39, 0.29) is 16.4 Å². The maximum atomic E-state index is 11.9. The highest BCUT2D eigenvalue weighted by molar-refractivity contribution is 8.01. The first-order valence-electron chi connectivity index (χ1n) is 5.32.